The topological polar surface area (TPSA) is 67.9 Å². The zero-order valence-corrected chi connectivity index (χ0v) is 16.8. The minimum Gasteiger partial charge on any atom is -0.497 e. The van der Waals surface area contributed by atoms with E-state index < -0.39 is 6.09 Å². The van der Waals surface area contributed by atoms with E-state index in [2.05, 4.69) is 5.43 Å². The van der Waals surface area contributed by atoms with Crippen molar-refractivity contribution in [1.29, 1.82) is 0 Å². The van der Waals surface area contributed by atoms with Crippen molar-refractivity contribution in [2.75, 3.05) is 12.1 Å². The number of amides is 2. The van der Waals surface area contributed by atoms with Gasteiger partial charge in [-0.1, -0.05) is 60.7 Å². The van der Waals surface area contributed by atoms with Crippen LogP contribution in [0.15, 0.2) is 84.9 Å². The van der Waals surface area contributed by atoms with Crippen LogP contribution >= 0.6 is 0 Å². The number of anilines is 1. The van der Waals surface area contributed by atoms with Gasteiger partial charge in [-0.3, -0.25) is 4.79 Å². The van der Waals surface area contributed by atoms with Crippen molar-refractivity contribution >= 4 is 17.7 Å². The molecule has 3 rings (SSSR count). The number of benzene rings is 3. The number of rotatable bonds is 7. The molecule has 6 nitrogen and oxygen atoms in total. The van der Waals surface area contributed by atoms with Crippen molar-refractivity contribution in [3.05, 3.63) is 96.1 Å². The van der Waals surface area contributed by atoms with E-state index in [0.717, 1.165) is 16.9 Å². The number of para-hydroxylation sites is 1. The smallest absolute Gasteiger partial charge is 0.426 e. The third-order valence-corrected chi connectivity index (χ3v) is 4.47. The summed E-state index contributed by atoms with van der Waals surface area (Å²) in [6.07, 6.45) is 0.0631. The SMILES string of the molecule is COc1ccc(CCC(=O)N(NC(=O)OCc2ccccc2)c2ccccc2)cc1. The minimum absolute atomic E-state index is 0.120. The van der Waals surface area contributed by atoms with Crippen molar-refractivity contribution in [2.24, 2.45) is 0 Å². The Balaban J connectivity index is 1.62. The highest BCUT2D eigenvalue weighted by Crippen LogP contribution is 2.16. The number of carbonyl (C=O) groups excluding carboxylic acids is 2. The van der Waals surface area contributed by atoms with Gasteiger partial charge in [-0.05, 0) is 41.8 Å². The molecule has 0 saturated carbocycles. The van der Waals surface area contributed by atoms with E-state index in [4.69, 9.17) is 9.47 Å². The molecule has 30 heavy (non-hydrogen) atoms. The van der Waals surface area contributed by atoms with Crippen molar-refractivity contribution in [3.8, 4) is 5.75 Å². The third-order valence-electron chi connectivity index (χ3n) is 4.47. The average Bonchev–Trinajstić information content (AvgIpc) is 2.81. The van der Waals surface area contributed by atoms with Crippen LogP contribution in [-0.2, 0) is 22.6 Å². The highest BCUT2D eigenvalue weighted by Gasteiger charge is 2.19. The van der Waals surface area contributed by atoms with Crippen molar-refractivity contribution in [2.45, 2.75) is 19.4 Å². The van der Waals surface area contributed by atoms with Gasteiger partial charge in [-0.15, -0.1) is 0 Å². The molecule has 0 aliphatic carbocycles. The Morgan fingerprint density at radius 3 is 2.10 bits per heavy atom. The van der Waals surface area contributed by atoms with Gasteiger partial charge in [0.2, 0.25) is 5.91 Å². The summed E-state index contributed by atoms with van der Waals surface area (Å²) in [6.45, 7) is 0.120. The second-order valence-electron chi connectivity index (χ2n) is 6.59. The van der Waals surface area contributed by atoms with Crippen LogP contribution in [0.5, 0.6) is 5.75 Å². The molecule has 2 amide bonds. The fourth-order valence-corrected chi connectivity index (χ4v) is 2.85. The molecule has 0 aliphatic heterocycles. The number of hydrogen-bond acceptors (Lipinski definition) is 4. The summed E-state index contributed by atoms with van der Waals surface area (Å²) in [4.78, 5) is 25.2. The molecule has 0 saturated heterocycles. The molecule has 0 radical (unpaired) electrons. The van der Waals surface area contributed by atoms with Gasteiger partial charge in [0.05, 0.1) is 12.8 Å². The number of nitrogens with zero attached hydrogens (tertiary/aromatic N) is 1. The van der Waals surface area contributed by atoms with E-state index in [1.165, 1.54) is 5.01 Å². The number of carbonyl (C=O) groups is 2. The minimum atomic E-state index is -0.694. The van der Waals surface area contributed by atoms with E-state index >= 15 is 0 Å². The van der Waals surface area contributed by atoms with Crippen molar-refractivity contribution in [1.82, 2.24) is 5.43 Å². The summed E-state index contributed by atoms with van der Waals surface area (Å²) in [5.74, 6) is 0.521. The first-order valence-corrected chi connectivity index (χ1v) is 9.64. The van der Waals surface area contributed by atoms with Crippen LogP contribution < -0.4 is 15.2 Å². The largest absolute Gasteiger partial charge is 0.497 e. The van der Waals surface area contributed by atoms with Gasteiger partial charge < -0.3 is 9.47 Å². The van der Waals surface area contributed by atoms with E-state index in [0.29, 0.717) is 12.1 Å². The quantitative estimate of drug-likeness (QED) is 0.589. The first kappa shape index (κ1) is 20.9. The van der Waals surface area contributed by atoms with Gasteiger partial charge in [-0.25, -0.2) is 15.2 Å². The molecule has 0 unspecified atom stereocenters. The molecule has 3 aromatic carbocycles. The maximum Gasteiger partial charge on any atom is 0.426 e. The van der Waals surface area contributed by atoms with Crippen molar-refractivity contribution in [3.63, 3.8) is 0 Å². The van der Waals surface area contributed by atoms with Crippen molar-refractivity contribution < 1.29 is 19.1 Å². The molecule has 0 fully saturated rings. The number of aryl methyl sites for hydroxylation is 1. The summed E-state index contributed by atoms with van der Waals surface area (Å²) in [5.41, 5.74) is 4.99. The second kappa shape index (κ2) is 10.7. The van der Waals surface area contributed by atoms with Gasteiger partial charge in [-0.2, -0.15) is 0 Å². The van der Waals surface area contributed by atoms with Gasteiger partial charge >= 0.3 is 6.09 Å². The van der Waals surface area contributed by atoms with Crippen LogP contribution in [0.3, 0.4) is 0 Å². The van der Waals surface area contributed by atoms with E-state index in [1.807, 2.05) is 60.7 Å². The van der Waals surface area contributed by atoms with Crippen LogP contribution in [-0.4, -0.2) is 19.1 Å². The lowest BCUT2D eigenvalue weighted by molar-refractivity contribution is -0.119. The number of nitrogens with one attached hydrogen (secondary N) is 1. The first-order chi connectivity index (χ1) is 14.7. The molecule has 0 atom stereocenters. The fourth-order valence-electron chi connectivity index (χ4n) is 2.85. The Kier molecular flexibility index (Phi) is 7.44. The van der Waals surface area contributed by atoms with Crippen LogP contribution in [0, 0.1) is 0 Å². The Morgan fingerprint density at radius 2 is 1.47 bits per heavy atom. The van der Waals surface area contributed by atoms with Crippen LogP contribution in [0.25, 0.3) is 0 Å². The van der Waals surface area contributed by atoms with Gasteiger partial charge in [0.25, 0.3) is 0 Å². The van der Waals surface area contributed by atoms with Crippen LogP contribution in [0.1, 0.15) is 17.5 Å². The van der Waals surface area contributed by atoms with Crippen LogP contribution in [0.4, 0.5) is 10.5 Å². The van der Waals surface area contributed by atoms with Gasteiger partial charge in [0.1, 0.15) is 12.4 Å². The zero-order chi connectivity index (χ0) is 21.2. The molecule has 0 aliphatic rings. The van der Waals surface area contributed by atoms with E-state index in [9.17, 15) is 9.59 Å². The third kappa shape index (κ3) is 6.10. The molecule has 6 heteroatoms. The second-order valence-corrected chi connectivity index (χ2v) is 6.59. The number of ether oxygens (including phenoxy) is 2. The molecule has 0 bridgehead atoms. The predicted molar refractivity (Wildman–Crippen MR) is 115 cm³/mol. The first-order valence-electron chi connectivity index (χ1n) is 9.64. The van der Waals surface area contributed by atoms with E-state index in [-0.39, 0.29) is 18.9 Å². The molecule has 154 valence electrons. The lowest BCUT2D eigenvalue weighted by Crippen LogP contribution is -2.46. The normalized spacial score (nSPS) is 10.2. The lowest BCUT2D eigenvalue weighted by atomic mass is 10.1. The fraction of sp³-hybridized carbons (Fsp3) is 0.167. The Hall–Kier alpha value is -3.80. The summed E-state index contributed by atoms with van der Waals surface area (Å²) in [7, 11) is 1.61. The summed E-state index contributed by atoms with van der Waals surface area (Å²) in [5, 5.41) is 1.23. The Bertz CT molecular complexity index is 944. The molecular weight excluding hydrogens is 380 g/mol. The summed E-state index contributed by atoms with van der Waals surface area (Å²) >= 11 is 0. The number of hydrogen-bond donors (Lipinski definition) is 1. The zero-order valence-electron chi connectivity index (χ0n) is 16.8. The molecular formula is C24H24N2O4. The highest BCUT2D eigenvalue weighted by molar-refractivity contribution is 5.95. The standard InChI is InChI=1S/C24H24N2O4/c1-29-22-15-12-19(13-16-22)14-17-23(27)26(21-10-6-3-7-11-21)25-24(28)30-18-20-8-4-2-5-9-20/h2-13,15-16H,14,17-18H2,1H3,(H,25,28). The van der Waals surface area contributed by atoms with Crippen LogP contribution in [0.2, 0.25) is 0 Å². The molecule has 0 aromatic heterocycles. The molecule has 3 aromatic rings. The monoisotopic (exact) mass is 404 g/mol. The number of hydrazine groups is 1. The maximum atomic E-state index is 12.9. The lowest BCUT2D eigenvalue weighted by Gasteiger charge is -2.23. The van der Waals surface area contributed by atoms with E-state index in [1.54, 1.807) is 31.4 Å². The summed E-state index contributed by atoms with van der Waals surface area (Å²) in [6, 6.07) is 25.9. The molecule has 0 spiro atoms. The maximum absolute atomic E-state index is 12.9. The Labute approximate surface area is 176 Å². The van der Waals surface area contributed by atoms with Gasteiger partial charge in [0, 0.05) is 6.42 Å². The molecule has 1 N–H and O–H groups in total. The average molecular weight is 404 g/mol. The highest BCUT2D eigenvalue weighted by atomic mass is 16.6. The Morgan fingerprint density at radius 1 is 0.833 bits per heavy atom. The number of methoxy groups -OCH3 is 1. The van der Waals surface area contributed by atoms with Gasteiger partial charge in [0.15, 0.2) is 0 Å². The molecule has 0 heterocycles. The predicted octanol–water partition coefficient (Wildman–Crippen LogP) is 4.50. The summed E-state index contributed by atoms with van der Waals surface area (Å²) < 4.78 is 10.4.